The summed E-state index contributed by atoms with van der Waals surface area (Å²) in [6.45, 7) is 4.19. The molecule has 0 nitrogen and oxygen atoms in total. The molecular formula is C8H11BrMg. The maximum atomic E-state index is 3.48. The first-order valence-electron chi connectivity index (χ1n) is 2.93. The van der Waals surface area contributed by atoms with Crippen molar-refractivity contribution < 1.29 is 0 Å². The van der Waals surface area contributed by atoms with Crippen molar-refractivity contribution in [3.8, 4) is 0 Å². The average Bonchev–Trinajstić information content (AvgIpc) is 1.83. The lowest BCUT2D eigenvalue weighted by atomic mass is 10.2. The summed E-state index contributed by atoms with van der Waals surface area (Å²) >= 11 is 3.48. The molecule has 0 aromatic heterocycles. The van der Waals surface area contributed by atoms with Gasteiger partial charge in [0.25, 0.3) is 0 Å². The Kier molecular flexibility index (Phi) is 4.57. The number of hydrogen-bond donors (Lipinski definition) is 0. The van der Waals surface area contributed by atoms with Crippen LogP contribution in [0.25, 0.3) is 0 Å². The normalized spacial score (nSPS) is 8.70. The Morgan fingerprint density at radius 2 is 1.50 bits per heavy atom. The Balaban J connectivity index is 0.000000810. The molecule has 0 N–H and O–H groups in total. The van der Waals surface area contributed by atoms with Crippen molar-refractivity contribution in [2.45, 2.75) is 13.8 Å². The third-order valence-corrected chi connectivity index (χ3v) is 2.64. The van der Waals surface area contributed by atoms with Crippen LogP contribution in [0.2, 0.25) is 0 Å². The lowest BCUT2D eigenvalue weighted by molar-refractivity contribution is 1.34. The summed E-state index contributed by atoms with van der Waals surface area (Å²) in [4.78, 5) is 0. The number of benzene rings is 1. The van der Waals surface area contributed by atoms with E-state index in [-0.39, 0.29) is 23.1 Å². The van der Waals surface area contributed by atoms with Gasteiger partial charge in [0.15, 0.2) is 0 Å². The highest BCUT2D eigenvalue weighted by atomic mass is 79.9. The van der Waals surface area contributed by atoms with Crippen molar-refractivity contribution in [2.24, 2.45) is 0 Å². The zero-order valence-electron chi connectivity index (χ0n) is 5.61. The fourth-order valence-corrected chi connectivity index (χ4v) is 1.06. The van der Waals surface area contributed by atoms with Gasteiger partial charge in [-0.3, -0.25) is 0 Å². The molecule has 0 saturated carbocycles. The highest BCUT2D eigenvalue weighted by Gasteiger charge is 1.93. The molecule has 0 radical (unpaired) electrons. The van der Waals surface area contributed by atoms with Crippen molar-refractivity contribution >= 4 is 39.0 Å². The molecule has 1 aromatic rings. The molecule has 0 amide bonds. The van der Waals surface area contributed by atoms with E-state index in [0.717, 1.165) is 0 Å². The molecule has 0 fully saturated rings. The Morgan fingerprint density at radius 3 is 1.80 bits per heavy atom. The lowest BCUT2D eigenvalue weighted by Gasteiger charge is -1.98. The van der Waals surface area contributed by atoms with Crippen molar-refractivity contribution in [2.75, 3.05) is 0 Å². The van der Waals surface area contributed by atoms with Crippen LogP contribution in [0, 0.1) is 13.8 Å². The largest absolute Gasteiger partial charge is 0.316 e. The SMILES string of the molecule is Cc1cccc(C)c1Br.[MgH2]. The first-order chi connectivity index (χ1) is 4.22. The van der Waals surface area contributed by atoms with Gasteiger partial charge >= 0.3 is 23.1 Å². The molecule has 0 heterocycles. The topological polar surface area (TPSA) is 0 Å². The predicted molar refractivity (Wildman–Crippen MR) is 52.2 cm³/mol. The minimum absolute atomic E-state index is 0. The predicted octanol–water partition coefficient (Wildman–Crippen LogP) is 2.15. The van der Waals surface area contributed by atoms with E-state index in [2.05, 4.69) is 48.0 Å². The molecule has 0 atom stereocenters. The van der Waals surface area contributed by atoms with Gasteiger partial charge in [-0.2, -0.15) is 0 Å². The second-order valence-electron chi connectivity index (χ2n) is 2.21. The summed E-state index contributed by atoms with van der Waals surface area (Å²) < 4.78 is 1.23. The highest BCUT2D eigenvalue weighted by Crippen LogP contribution is 2.19. The van der Waals surface area contributed by atoms with Crippen molar-refractivity contribution in [1.82, 2.24) is 0 Å². The molecule has 0 bridgehead atoms. The smallest absolute Gasteiger partial charge is 0.0617 e. The van der Waals surface area contributed by atoms with Gasteiger partial charge < -0.3 is 0 Å². The average molecular weight is 211 g/mol. The monoisotopic (exact) mass is 210 g/mol. The van der Waals surface area contributed by atoms with Crippen molar-refractivity contribution in [3.63, 3.8) is 0 Å². The lowest BCUT2D eigenvalue weighted by Crippen LogP contribution is -1.77. The molecule has 52 valence electrons. The maximum absolute atomic E-state index is 3.48. The number of aryl methyl sites for hydroxylation is 2. The fourth-order valence-electron chi connectivity index (χ4n) is 0.794. The van der Waals surface area contributed by atoms with Gasteiger partial charge in [0, 0.05) is 4.47 Å². The summed E-state index contributed by atoms with van der Waals surface area (Å²) in [7, 11) is 0. The minimum atomic E-state index is 0. The first-order valence-corrected chi connectivity index (χ1v) is 3.73. The number of rotatable bonds is 0. The molecule has 10 heavy (non-hydrogen) atoms. The van der Waals surface area contributed by atoms with Crippen molar-refractivity contribution in [3.05, 3.63) is 33.8 Å². The van der Waals surface area contributed by atoms with E-state index in [1.807, 2.05) is 0 Å². The Bertz CT molecular complexity index is 200. The summed E-state index contributed by atoms with van der Waals surface area (Å²) in [6.07, 6.45) is 0. The maximum Gasteiger partial charge on any atom is 0.316 e. The van der Waals surface area contributed by atoms with Crippen LogP contribution in [0.1, 0.15) is 11.1 Å². The Labute approximate surface area is 86.3 Å². The first kappa shape index (κ1) is 10.5. The van der Waals surface area contributed by atoms with E-state index in [1.54, 1.807) is 0 Å². The molecule has 0 aliphatic carbocycles. The molecule has 0 aliphatic heterocycles. The Hall–Kier alpha value is 0.466. The van der Waals surface area contributed by atoms with Crippen LogP contribution in [-0.4, -0.2) is 23.1 Å². The van der Waals surface area contributed by atoms with E-state index in [9.17, 15) is 0 Å². The van der Waals surface area contributed by atoms with Gasteiger partial charge in [-0.15, -0.1) is 0 Å². The zero-order valence-corrected chi connectivity index (χ0v) is 7.20. The van der Waals surface area contributed by atoms with Crippen LogP contribution in [0.3, 0.4) is 0 Å². The molecule has 0 spiro atoms. The molecule has 0 saturated heterocycles. The number of halogens is 1. The summed E-state index contributed by atoms with van der Waals surface area (Å²) in [6, 6.07) is 6.25. The van der Waals surface area contributed by atoms with Gasteiger partial charge in [-0.1, -0.05) is 34.1 Å². The van der Waals surface area contributed by atoms with Crippen LogP contribution in [0.15, 0.2) is 22.7 Å². The second kappa shape index (κ2) is 4.37. The third-order valence-electron chi connectivity index (χ3n) is 1.38. The molecule has 1 rings (SSSR count). The van der Waals surface area contributed by atoms with Crippen molar-refractivity contribution in [1.29, 1.82) is 0 Å². The zero-order chi connectivity index (χ0) is 6.85. The summed E-state index contributed by atoms with van der Waals surface area (Å²) in [5, 5.41) is 0. The molecular weight excluding hydrogens is 200 g/mol. The van der Waals surface area contributed by atoms with Gasteiger partial charge in [0.1, 0.15) is 0 Å². The molecule has 0 aliphatic rings. The molecule has 1 aromatic carbocycles. The van der Waals surface area contributed by atoms with Crippen LogP contribution < -0.4 is 0 Å². The van der Waals surface area contributed by atoms with Crippen LogP contribution in [0.5, 0.6) is 0 Å². The van der Waals surface area contributed by atoms with E-state index in [1.165, 1.54) is 15.6 Å². The van der Waals surface area contributed by atoms with Gasteiger partial charge in [-0.05, 0) is 25.0 Å². The van der Waals surface area contributed by atoms with Crippen LogP contribution in [-0.2, 0) is 0 Å². The fraction of sp³-hybridized carbons (Fsp3) is 0.250. The Morgan fingerprint density at radius 1 is 1.10 bits per heavy atom. The standard InChI is InChI=1S/C8H9Br.Mg.2H/c1-6-4-3-5-7(2)8(6)9;;;/h3-5H,1-2H3;;;. The summed E-state index contributed by atoms with van der Waals surface area (Å²) in [5.74, 6) is 0. The van der Waals surface area contributed by atoms with E-state index < -0.39 is 0 Å². The van der Waals surface area contributed by atoms with Crippen LogP contribution in [0.4, 0.5) is 0 Å². The van der Waals surface area contributed by atoms with E-state index in [4.69, 9.17) is 0 Å². The van der Waals surface area contributed by atoms with Gasteiger partial charge in [0.2, 0.25) is 0 Å². The summed E-state index contributed by atoms with van der Waals surface area (Å²) in [5.41, 5.74) is 2.60. The third kappa shape index (κ3) is 2.26. The minimum Gasteiger partial charge on any atom is -0.0617 e. The van der Waals surface area contributed by atoms with Crippen LogP contribution >= 0.6 is 15.9 Å². The van der Waals surface area contributed by atoms with E-state index >= 15 is 0 Å². The quantitative estimate of drug-likeness (QED) is 0.577. The highest BCUT2D eigenvalue weighted by molar-refractivity contribution is 9.10. The van der Waals surface area contributed by atoms with E-state index in [0.29, 0.717) is 0 Å². The number of hydrogen-bond acceptors (Lipinski definition) is 0. The van der Waals surface area contributed by atoms with Gasteiger partial charge in [0.05, 0.1) is 0 Å². The molecule has 0 unspecified atom stereocenters. The second-order valence-corrected chi connectivity index (χ2v) is 3.00. The van der Waals surface area contributed by atoms with Gasteiger partial charge in [-0.25, -0.2) is 0 Å². The molecule has 2 heteroatoms.